The number of aromatic nitrogens is 3. The Morgan fingerprint density at radius 3 is 2.32 bits per heavy atom. The van der Waals surface area contributed by atoms with E-state index in [1.54, 1.807) is 6.92 Å². The van der Waals surface area contributed by atoms with Gasteiger partial charge in [0.1, 0.15) is 0 Å². The molecule has 0 saturated carbocycles. The molecule has 2 aromatic carbocycles. The molecular formula is C23H27N5O2S. The number of urea groups is 1. The smallest absolute Gasteiger partial charge is 0.321 e. The number of nitrogens with one attached hydrogen (secondary N) is 2. The van der Waals surface area contributed by atoms with Crippen LogP contribution >= 0.6 is 11.8 Å². The zero-order chi connectivity index (χ0) is 22.5. The molecule has 31 heavy (non-hydrogen) atoms. The molecule has 3 amide bonds. The van der Waals surface area contributed by atoms with Crippen molar-refractivity contribution in [3.8, 4) is 17.1 Å². The summed E-state index contributed by atoms with van der Waals surface area (Å²) in [5.41, 5.74) is 4.22. The summed E-state index contributed by atoms with van der Waals surface area (Å²) in [7, 11) is 1.47. The van der Waals surface area contributed by atoms with E-state index in [9.17, 15) is 9.59 Å². The SMILES string of the molecule is CNC(=O)NC(=O)[C@@H](C)Sc1nnc(-c2ccc(C)cc2)n1-c1ccccc1C(C)C. The lowest BCUT2D eigenvalue weighted by molar-refractivity contribution is -0.119. The fourth-order valence-electron chi connectivity index (χ4n) is 3.12. The summed E-state index contributed by atoms with van der Waals surface area (Å²) in [5, 5.41) is 13.6. The van der Waals surface area contributed by atoms with Crippen molar-refractivity contribution in [2.75, 3.05) is 7.05 Å². The van der Waals surface area contributed by atoms with Gasteiger partial charge in [0.05, 0.1) is 10.9 Å². The first kappa shape index (κ1) is 22.6. The van der Waals surface area contributed by atoms with Crippen molar-refractivity contribution in [1.82, 2.24) is 25.4 Å². The van der Waals surface area contributed by atoms with Crippen LogP contribution < -0.4 is 10.6 Å². The van der Waals surface area contributed by atoms with Gasteiger partial charge in [0.2, 0.25) is 5.91 Å². The zero-order valence-electron chi connectivity index (χ0n) is 18.3. The molecule has 1 aromatic heterocycles. The molecular weight excluding hydrogens is 410 g/mol. The third-order valence-corrected chi connectivity index (χ3v) is 5.90. The van der Waals surface area contributed by atoms with Gasteiger partial charge in [0.15, 0.2) is 11.0 Å². The molecule has 0 aliphatic heterocycles. The minimum Gasteiger partial charge on any atom is -0.341 e. The first-order valence-electron chi connectivity index (χ1n) is 10.1. The summed E-state index contributed by atoms with van der Waals surface area (Å²) < 4.78 is 1.99. The molecule has 8 heteroatoms. The summed E-state index contributed by atoms with van der Waals surface area (Å²) in [6.45, 7) is 8.06. The van der Waals surface area contributed by atoms with Gasteiger partial charge >= 0.3 is 6.03 Å². The highest BCUT2D eigenvalue weighted by Gasteiger charge is 2.24. The summed E-state index contributed by atoms with van der Waals surface area (Å²) >= 11 is 1.26. The first-order valence-corrected chi connectivity index (χ1v) is 11.0. The van der Waals surface area contributed by atoms with Gasteiger partial charge in [-0.05, 0) is 31.4 Å². The molecule has 3 aromatic rings. The number of rotatable bonds is 6. The van der Waals surface area contributed by atoms with E-state index in [1.807, 2.05) is 54.0 Å². The predicted octanol–water partition coefficient (Wildman–Crippen LogP) is 4.30. The molecule has 162 valence electrons. The average molecular weight is 438 g/mol. The molecule has 7 nitrogen and oxygen atoms in total. The van der Waals surface area contributed by atoms with Crippen LogP contribution in [0.1, 0.15) is 37.8 Å². The monoisotopic (exact) mass is 437 g/mol. The molecule has 3 rings (SSSR count). The predicted molar refractivity (Wildman–Crippen MR) is 124 cm³/mol. The molecule has 0 bridgehead atoms. The standard InChI is InChI=1S/C23H27N5O2S/c1-14(2)18-8-6-7-9-19(18)28-20(17-12-10-15(3)11-13-17)26-27-23(28)31-16(4)21(29)25-22(30)24-5/h6-14,16H,1-5H3,(H2,24,25,29,30)/t16-/m1/s1. The maximum atomic E-state index is 12.4. The van der Waals surface area contributed by atoms with E-state index in [1.165, 1.54) is 18.8 Å². The van der Waals surface area contributed by atoms with Gasteiger partial charge in [-0.25, -0.2) is 4.79 Å². The van der Waals surface area contributed by atoms with Gasteiger partial charge in [0, 0.05) is 12.6 Å². The van der Waals surface area contributed by atoms with Crippen LogP contribution in [0.5, 0.6) is 0 Å². The fraction of sp³-hybridized carbons (Fsp3) is 0.304. The van der Waals surface area contributed by atoms with Crippen LogP contribution in [-0.2, 0) is 4.79 Å². The van der Waals surface area contributed by atoms with Gasteiger partial charge in [-0.2, -0.15) is 0 Å². The van der Waals surface area contributed by atoms with E-state index < -0.39 is 17.2 Å². The Hall–Kier alpha value is -3.13. The van der Waals surface area contributed by atoms with Crippen molar-refractivity contribution in [3.05, 3.63) is 59.7 Å². The van der Waals surface area contributed by atoms with Gasteiger partial charge in [-0.15, -0.1) is 10.2 Å². The van der Waals surface area contributed by atoms with Gasteiger partial charge in [-0.1, -0.05) is 73.6 Å². The summed E-state index contributed by atoms with van der Waals surface area (Å²) in [6, 6.07) is 15.7. The third-order valence-electron chi connectivity index (χ3n) is 4.86. The Labute approximate surface area is 186 Å². The van der Waals surface area contributed by atoms with E-state index in [0.717, 1.165) is 22.4 Å². The van der Waals surface area contributed by atoms with Crippen LogP contribution in [0, 0.1) is 6.92 Å². The largest absolute Gasteiger partial charge is 0.341 e. The number of amides is 3. The number of benzene rings is 2. The number of hydrogen-bond acceptors (Lipinski definition) is 5. The summed E-state index contributed by atoms with van der Waals surface area (Å²) in [5.74, 6) is 0.596. The maximum absolute atomic E-state index is 12.4. The fourth-order valence-corrected chi connectivity index (χ4v) is 3.98. The lowest BCUT2D eigenvalue weighted by Crippen LogP contribution is -2.41. The molecule has 0 radical (unpaired) electrons. The number of imide groups is 1. The molecule has 0 unspecified atom stereocenters. The van der Waals surface area contributed by atoms with Crippen molar-refractivity contribution >= 4 is 23.7 Å². The normalized spacial score (nSPS) is 11.9. The summed E-state index contributed by atoms with van der Waals surface area (Å²) in [6.07, 6.45) is 0. The van der Waals surface area contributed by atoms with Gasteiger partial charge in [-0.3, -0.25) is 14.7 Å². The average Bonchev–Trinajstić information content (AvgIpc) is 3.17. The zero-order valence-corrected chi connectivity index (χ0v) is 19.2. The van der Waals surface area contributed by atoms with E-state index >= 15 is 0 Å². The molecule has 1 heterocycles. The maximum Gasteiger partial charge on any atom is 0.321 e. The van der Waals surface area contributed by atoms with E-state index in [-0.39, 0.29) is 5.92 Å². The Bertz CT molecular complexity index is 1080. The second-order valence-corrected chi connectivity index (χ2v) is 8.86. The Morgan fingerprint density at radius 1 is 1.00 bits per heavy atom. The van der Waals surface area contributed by atoms with Crippen molar-refractivity contribution < 1.29 is 9.59 Å². The molecule has 1 atom stereocenters. The molecule has 0 spiro atoms. The van der Waals surface area contributed by atoms with Gasteiger partial charge in [0.25, 0.3) is 0 Å². The third kappa shape index (κ3) is 5.14. The molecule has 0 saturated heterocycles. The number of thioether (sulfide) groups is 1. The Balaban J connectivity index is 2.08. The second kappa shape index (κ2) is 9.78. The minimum atomic E-state index is -0.544. The highest BCUT2D eigenvalue weighted by Crippen LogP contribution is 2.33. The Kier molecular flexibility index (Phi) is 7.12. The molecule has 0 fully saturated rings. The van der Waals surface area contributed by atoms with Gasteiger partial charge < -0.3 is 5.32 Å². The van der Waals surface area contributed by atoms with E-state index in [0.29, 0.717) is 11.0 Å². The van der Waals surface area contributed by atoms with Crippen molar-refractivity contribution in [2.45, 2.75) is 44.0 Å². The highest BCUT2D eigenvalue weighted by atomic mass is 32.2. The lowest BCUT2D eigenvalue weighted by Gasteiger charge is -2.18. The van der Waals surface area contributed by atoms with Crippen molar-refractivity contribution in [1.29, 1.82) is 0 Å². The summed E-state index contributed by atoms with van der Waals surface area (Å²) in [4.78, 5) is 23.9. The first-order chi connectivity index (χ1) is 14.8. The number of nitrogens with zero attached hydrogens (tertiary/aromatic N) is 3. The van der Waals surface area contributed by atoms with Crippen LogP contribution in [0.2, 0.25) is 0 Å². The lowest BCUT2D eigenvalue weighted by atomic mass is 10.0. The van der Waals surface area contributed by atoms with E-state index in [4.69, 9.17) is 0 Å². The number of carbonyl (C=O) groups excluding carboxylic acids is 2. The van der Waals surface area contributed by atoms with Crippen LogP contribution in [0.3, 0.4) is 0 Å². The number of hydrogen-bond donors (Lipinski definition) is 2. The Morgan fingerprint density at radius 2 is 1.68 bits per heavy atom. The van der Waals surface area contributed by atoms with Crippen LogP contribution in [0.15, 0.2) is 53.7 Å². The number of carbonyl (C=O) groups is 2. The van der Waals surface area contributed by atoms with Crippen molar-refractivity contribution in [2.24, 2.45) is 0 Å². The van der Waals surface area contributed by atoms with Crippen LogP contribution in [0.25, 0.3) is 17.1 Å². The van der Waals surface area contributed by atoms with E-state index in [2.05, 4.69) is 40.7 Å². The number of aryl methyl sites for hydroxylation is 1. The topological polar surface area (TPSA) is 88.9 Å². The quantitative estimate of drug-likeness (QED) is 0.561. The molecule has 0 aliphatic carbocycles. The van der Waals surface area contributed by atoms with Crippen LogP contribution in [0.4, 0.5) is 4.79 Å². The highest BCUT2D eigenvalue weighted by molar-refractivity contribution is 8.00. The minimum absolute atomic E-state index is 0.288. The van der Waals surface area contributed by atoms with Crippen LogP contribution in [-0.4, -0.2) is 39.0 Å². The van der Waals surface area contributed by atoms with Crippen molar-refractivity contribution in [3.63, 3.8) is 0 Å². The number of para-hydroxylation sites is 1. The molecule has 0 aliphatic rings. The second-order valence-electron chi connectivity index (χ2n) is 7.55. The molecule has 2 N–H and O–H groups in total.